The smallest absolute Gasteiger partial charge is 0.409 e. The molecular formula is C40H56ClN7O10. The van der Waals surface area contributed by atoms with E-state index in [1.165, 1.54) is 31.1 Å². The van der Waals surface area contributed by atoms with Crippen molar-refractivity contribution in [3.8, 4) is 5.75 Å². The number of halogens is 1. The molecule has 4 heterocycles. The fourth-order valence-corrected chi connectivity index (χ4v) is 7.81. The lowest BCUT2D eigenvalue weighted by Crippen LogP contribution is -2.63. The highest BCUT2D eigenvalue weighted by Gasteiger charge is 2.64. The largest absolute Gasteiger partial charge is 0.495 e. The number of allylic oxidation sites excluding steroid dienone is 3. The first-order valence-corrected chi connectivity index (χ1v) is 19.7. The number of amides is 3. The van der Waals surface area contributed by atoms with Crippen molar-refractivity contribution in [3.05, 3.63) is 58.4 Å². The summed E-state index contributed by atoms with van der Waals surface area (Å²) >= 11 is 6.78. The third-order valence-electron chi connectivity index (χ3n) is 11.2. The van der Waals surface area contributed by atoms with Crippen molar-refractivity contribution >= 4 is 41.2 Å². The topological polar surface area (TPSA) is 199 Å². The molecule has 318 valence electrons. The van der Waals surface area contributed by atoms with Crippen LogP contribution in [0.5, 0.6) is 5.75 Å². The average Bonchev–Trinajstić information content (AvgIpc) is 3.68. The van der Waals surface area contributed by atoms with E-state index in [1.54, 1.807) is 63.0 Å². The first-order chi connectivity index (χ1) is 27.4. The van der Waals surface area contributed by atoms with Crippen LogP contribution in [0, 0.1) is 5.92 Å². The van der Waals surface area contributed by atoms with Crippen molar-refractivity contribution in [2.45, 2.75) is 115 Å². The Hall–Kier alpha value is -4.55. The number of carbonyl (C=O) groups is 4. The summed E-state index contributed by atoms with van der Waals surface area (Å²) in [7, 11) is 7.83. The van der Waals surface area contributed by atoms with Crippen molar-refractivity contribution in [1.29, 1.82) is 0 Å². The molecule has 0 saturated carbocycles. The van der Waals surface area contributed by atoms with Crippen LogP contribution in [0.3, 0.4) is 0 Å². The molecule has 0 spiro atoms. The number of alkyl carbamates (subject to hydrolysis) is 1. The summed E-state index contributed by atoms with van der Waals surface area (Å²) < 4.78 is 31.0. The minimum absolute atomic E-state index is 0.0599. The van der Waals surface area contributed by atoms with Gasteiger partial charge >= 0.3 is 12.1 Å². The summed E-state index contributed by atoms with van der Waals surface area (Å²) in [6, 6.07) is 2.56. The van der Waals surface area contributed by atoms with Crippen LogP contribution in [-0.4, -0.2) is 126 Å². The van der Waals surface area contributed by atoms with Gasteiger partial charge in [-0.05, 0) is 58.4 Å². The molecule has 5 rings (SSSR count). The Morgan fingerprint density at radius 1 is 1.26 bits per heavy atom. The maximum absolute atomic E-state index is 14.2. The van der Waals surface area contributed by atoms with Gasteiger partial charge in [-0.2, -0.15) is 0 Å². The zero-order valence-electron chi connectivity index (χ0n) is 34.6. The van der Waals surface area contributed by atoms with Crippen molar-refractivity contribution in [3.63, 3.8) is 0 Å². The molecule has 1 aromatic heterocycles. The Bertz CT molecular complexity index is 1910. The fraction of sp³-hybridized carbons (Fsp3) is 0.600. The minimum atomic E-state index is -1.84. The molecule has 18 heteroatoms. The van der Waals surface area contributed by atoms with Crippen LogP contribution in [-0.2, 0) is 52.8 Å². The van der Waals surface area contributed by atoms with Crippen molar-refractivity contribution < 1.29 is 48.0 Å². The SMILES string of the molecule is CNCc1cn(CCCC(=O)N(C)C(C)C(=O)O[C@H]2CC(=O)N(C)c3cc(cc(OC)c3Cl)C/C(C)=C/C=C/[C@@H](OC)[C@@]3(O)C[C@H](OC(=O)N3)[C@@H](C)[C@@H]3O[C@@]23C)nn1. The van der Waals surface area contributed by atoms with Gasteiger partial charge in [0.05, 0.1) is 31.0 Å². The number of likely N-dealkylation sites (N-methyl/N-ethyl adjacent to an activating group) is 1. The van der Waals surface area contributed by atoms with E-state index < -0.39 is 65.7 Å². The van der Waals surface area contributed by atoms with E-state index in [2.05, 4.69) is 20.9 Å². The molecule has 2 saturated heterocycles. The molecule has 0 aliphatic carbocycles. The molecule has 3 aliphatic heterocycles. The predicted molar refractivity (Wildman–Crippen MR) is 213 cm³/mol. The lowest BCUT2D eigenvalue weighted by molar-refractivity contribution is -0.162. The number of methoxy groups -OCH3 is 2. The monoisotopic (exact) mass is 829 g/mol. The van der Waals surface area contributed by atoms with Gasteiger partial charge in [-0.3, -0.25) is 19.6 Å². The van der Waals surface area contributed by atoms with Gasteiger partial charge in [0.1, 0.15) is 40.7 Å². The number of hydrogen-bond donors (Lipinski definition) is 3. The number of esters is 1. The number of nitrogens with zero attached hydrogens (tertiary/aromatic N) is 5. The second kappa shape index (κ2) is 18.6. The van der Waals surface area contributed by atoms with Gasteiger partial charge in [-0.15, -0.1) is 5.10 Å². The van der Waals surface area contributed by atoms with E-state index >= 15 is 0 Å². The Morgan fingerprint density at radius 2 is 2.00 bits per heavy atom. The molecule has 0 radical (unpaired) electrons. The zero-order chi connectivity index (χ0) is 42.5. The number of aryl methyl sites for hydroxylation is 1. The molecule has 17 nitrogen and oxygen atoms in total. The van der Waals surface area contributed by atoms with Crippen molar-refractivity contribution in [1.82, 2.24) is 30.5 Å². The summed E-state index contributed by atoms with van der Waals surface area (Å²) in [5.74, 6) is -1.65. The summed E-state index contributed by atoms with van der Waals surface area (Å²) in [6.07, 6.45) is 3.24. The van der Waals surface area contributed by atoms with Crippen LogP contribution in [0.15, 0.2) is 42.1 Å². The number of epoxide rings is 1. The normalized spacial score (nSPS) is 29.5. The number of rotatable bonds is 11. The van der Waals surface area contributed by atoms with E-state index in [-0.39, 0.29) is 30.2 Å². The van der Waals surface area contributed by atoms with Gasteiger partial charge < -0.3 is 43.9 Å². The first kappa shape index (κ1) is 44.6. The van der Waals surface area contributed by atoms with Gasteiger partial charge in [0, 0.05) is 59.3 Å². The van der Waals surface area contributed by atoms with Crippen molar-refractivity contribution in [2.24, 2.45) is 5.92 Å². The van der Waals surface area contributed by atoms with Crippen LogP contribution in [0.2, 0.25) is 5.02 Å². The molecule has 58 heavy (non-hydrogen) atoms. The van der Waals surface area contributed by atoms with Crippen LogP contribution in [0.1, 0.15) is 64.6 Å². The number of aromatic nitrogens is 3. The maximum atomic E-state index is 14.2. The second-order valence-corrected chi connectivity index (χ2v) is 15.9. The van der Waals surface area contributed by atoms with E-state index in [9.17, 15) is 24.3 Å². The van der Waals surface area contributed by atoms with E-state index in [0.717, 1.165) is 16.8 Å². The fourth-order valence-electron chi connectivity index (χ4n) is 7.50. The molecule has 2 fully saturated rings. The number of benzene rings is 1. The van der Waals surface area contributed by atoms with E-state index in [1.807, 2.05) is 20.0 Å². The number of fused-ring (bicyclic) bond motifs is 5. The number of hydrogen-bond acceptors (Lipinski definition) is 13. The minimum Gasteiger partial charge on any atom is -0.495 e. The number of carbonyl (C=O) groups excluding carboxylic acids is 4. The lowest BCUT2D eigenvalue weighted by atomic mass is 9.83. The van der Waals surface area contributed by atoms with E-state index in [0.29, 0.717) is 37.4 Å². The summed E-state index contributed by atoms with van der Waals surface area (Å²) in [5.41, 5.74) is -0.187. The molecule has 3 aliphatic rings. The molecule has 4 bridgehead atoms. The molecule has 1 aromatic carbocycles. The molecular weight excluding hydrogens is 774 g/mol. The molecule has 3 amide bonds. The van der Waals surface area contributed by atoms with E-state index in [4.69, 9.17) is 35.3 Å². The number of ether oxygens (including phenoxy) is 5. The van der Waals surface area contributed by atoms with Gasteiger partial charge in [0.2, 0.25) is 11.8 Å². The molecule has 3 N–H and O–H groups in total. The lowest BCUT2D eigenvalue weighted by Gasteiger charge is -2.42. The molecule has 8 atom stereocenters. The quantitative estimate of drug-likeness (QED) is 0.221. The highest BCUT2D eigenvalue weighted by Crippen LogP contribution is 2.49. The Morgan fingerprint density at radius 3 is 2.69 bits per heavy atom. The Balaban J connectivity index is 1.42. The maximum Gasteiger partial charge on any atom is 0.409 e. The number of nitrogens with one attached hydrogen (secondary N) is 2. The summed E-state index contributed by atoms with van der Waals surface area (Å²) in [5, 5.41) is 25.7. The molecule has 1 unspecified atom stereocenters. The Kier molecular flexibility index (Phi) is 14.3. The number of anilines is 1. The van der Waals surface area contributed by atoms with Crippen LogP contribution in [0.25, 0.3) is 0 Å². The van der Waals surface area contributed by atoms with Gasteiger partial charge in [-0.25, -0.2) is 9.59 Å². The van der Waals surface area contributed by atoms with Crippen LogP contribution in [0.4, 0.5) is 10.5 Å². The van der Waals surface area contributed by atoms with Gasteiger partial charge in [0.25, 0.3) is 0 Å². The summed E-state index contributed by atoms with van der Waals surface area (Å²) in [4.78, 5) is 57.0. The third-order valence-corrected chi connectivity index (χ3v) is 11.6. The average molecular weight is 830 g/mol. The predicted octanol–water partition coefficient (Wildman–Crippen LogP) is 3.31. The standard InChI is InChI=1S/C40H56ClN7O10/c1-23-12-10-13-31(55-9)40(53)20-30(56-38(52)43-40)24(2)36-39(4,58-36)32(19-34(50)47(7)28-17-26(16-23)18-29(54-8)35(28)41)57-37(51)25(3)46(6)33(49)14-11-15-48-22-27(21-42-5)44-45-48/h10,12-13,17-18,22,24-25,30-32,36,42,53H,11,14-16,19-21H2,1-9H3,(H,43,52)/b13-10+,23-12+/t24-,25?,30+,31-,32+,36+,39+,40+/m1/s1. The summed E-state index contributed by atoms with van der Waals surface area (Å²) in [6.45, 7) is 8.02. The highest BCUT2D eigenvalue weighted by molar-refractivity contribution is 6.35. The third kappa shape index (κ3) is 10.00. The zero-order valence-corrected chi connectivity index (χ0v) is 35.4. The first-order valence-electron chi connectivity index (χ1n) is 19.3. The van der Waals surface area contributed by atoms with Gasteiger partial charge in [0.15, 0.2) is 5.72 Å². The van der Waals surface area contributed by atoms with Crippen LogP contribution >= 0.6 is 11.6 Å². The van der Waals surface area contributed by atoms with Gasteiger partial charge in [-0.1, -0.05) is 47.5 Å². The van der Waals surface area contributed by atoms with Crippen molar-refractivity contribution in [2.75, 3.05) is 40.3 Å². The van der Waals surface area contributed by atoms with Crippen LogP contribution < -0.4 is 20.3 Å². The second-order valence-electron chi connectivity index (χ2n) is 15.5. The number of aliphatic hydroxyl groups is 1. The molecule has 2 aromatic rings. The highest BCUT2D eigenvalue weighted by atomic mass is 35.5. The Labute approximate surface area is 343 Å².